The predicted molar refractivity (Wildman–Crippen MR) is 80.3 cm³/mol. The van der Waals surface area contributed by atoms with Gasteiger partial charge in [-0.3, -0.25) is 4.98 Å². The lowest BCUT2D eigenvalue weighted by Crippen LogP contribution is -2.17. The molecule has 100 valence electrons. The Bertz CT molecular complexity index is 500. The van der Waals surface area contributed by atoms with E-state index in [1.165, 1.54) is 11.1 Å². The summed E-state index contributed by atoms with van der Waals surface area (Å²) in [7, 11) is 2.03. The summed E-state index contributed by atoms with van der Waals surface area (Å²) in [4.78, 5) is 4.44. The molecule has 1 aromatic carbocycles. The van der Waals surface area contributed by atoms with Gasteiger partial charge in [0, 0.05) is 17.4 Å². The van der Waals surface area contributed by atoms with E-state index in [1.54, 1.807) is 0 Å². The fourth-order valence-electron chi connectivity index (χ4n) is 2.50. The second-order valence-corrected chi connectivity index (χ2v) is 5.05. The van der Waals surface area contributed by atoms with E-state index in [4.69, 9.17) is 0 Å². The van der Waals surface area contributed by atoms with Crippen LogP contribution in [0.15, 0.2) is 42.5 Å². The Hall–Kier alpha value is -1.67. The molecule has 0 radical (unpaired) electrons. The smallest absolute Gasteiger partial charge is 0.0379 e. The van der Waals surface area contributed by atoms with Crippen molar-refractivity contribution in [2.75, 3.05) is 7.05 Å². The van der Waals surface area contributed by atoms with Crippen molar-refractivity contribution in [3.05, 3.63) is 65.0 Å². The lowest BCUT2D eigenvalue weighted by Gasteiger charge is -2.17. The summed E-state index contributed by atoms with van der Waals surface area (Å²) < 4.78 is 0. The minimum absolute atomic E-state index is 0.389. The molecule has 1 heterocycles. The normalized spacial score (nSPS) is 12.4. The van der Waals surface area contributed by atoms with Crippen molar-refractivity contribution in [1.82, 2.24) is 10.3 Å². The quantitative estimate of drug-likeness (QED) is 0.882. The molecule has 0 amide bonds. The van der Waals surface area contributed by atoms with Crippen LogP contribution in [0.25, 0.3) is 0 Å². The van der Waals surface area contributed by atoms with Crippen molar-refractivity contribution in [3.8, 4) is 0 Å². The third-order valence-corrected chi connectivity index (χ3v) is 3.42. The van der Waals surface area contributed by atoms with Gasteiger partial charge in [-0.15, -0.1) is 0 Å². The van der Waals surface area contributed by atoms with Gasteiger partial charge in [0.1, 0.15) is 0 Å². The number of pyridine rings is 1. The van der Waals surface area contributed by atoms with E-state index < -0.39 is 0 Å². The first-order valence-electron chi connectivity index (χ1n) is 6.85. The van der Waals surface area contributed by atoms with E-state index in [9.17, 15) is 0 Å². The highest BCUT2D eigenvalue weighted by Gasteiger charge is 2.10. The second-order valence-electron chi connectivity index (χ2n) is 5.05. The first kappa shape index (κ1) is 13.8. The van der Waals surface area contributed by atoms with Crippen molar-refractivity contribution in [1.29, 1.82) is 0 Å². The lowest BCUT2D eigenvalue weighted by atomic mass is 9.98. The van der Waals surface area contributed by atoms with Gasteiger partial charge in [0.25, 0.3) is 0 Å². The van der Waals surface area contributed by atoms with Gasteiger partial charge in [-0.05, 0) is 57.0 Å². The average molecular weight is 254 g/mol. The fourth-order valence-corrected chi connectivity index (χ4v) is 2.50. The Kier molecular flexibility index (Phi) is 4.69. The van der Waals surface area contributed by atoms with Gasteiger partial charge in [0.2, 0.25) is 0 Å². The summed E-state index contributed by atoms with van der Waals surface area (Å²) in [5.41, 5.74) is 4.92. The van der Waals surface area contributed by atoms with Gasteiger partial charge < -0.3 is 5.32 Å². The summed E-state index contributed by atoms with van der Waals surface area (Å²) in [5.74, 6) is 0. The number of rotatable bonds is 5. The van der Waals surface area contributed by atoms with Crippen LogP contribution >= 0.6 is 0 Å². The average Bonchev–Trinajstić information content (AvgIpc) is 2.39. The third-order valence-electron chi connectivity index (χ3n) is 3.42. The van der Waals surface area contributed by atoms with Crippen molar-refractivity contribution in [2.45, 2.75) is 32.7 Å². The zero-order valence-electron chi connectivity index (χ0n) is 12.0. The van der Waals surface area contributed by atoms with Gasteiger partial charge in [-0.2, -0.15) is 0 Å². The minimum atomic E-state index is 0.389. The number of nitrogens with zero attached hydrogens (tertiary/aromatic N) is 1. The summed E-state index contributed by atoms with van der Waals surface area (Å²) in [6.45, 7) is 4.11. The number of aromatic nitrogens is 1. The monoisotopic (exact) mass is 254 g/mol. The largest absolute Gasteiger partial charge is 0.313 e. The number of nitrogens with one attached hydrogen (secondary N) is 1. The fraction of sp³-hybridized carbons (Fsp3) is 0.353. The summed E-state index contributed by atoms with van der Waals surface area (Å²) in [6, 6.07) is 15.4. The molecule has 0 aliphatic heterocycles. The Morgan fingerprint density at radius 2 is 1.68 bits per heavy atom. The van der Waals surface area contributed by atoms with Crippen LogP contribution in [0.4, 0.5) is 0 Å². The molecule has 0 bridgehead atoms. The zero-order valence-corrected chi connectivity index (χ0v) is 12.0. The van der Waals surface area contributed by atoms with Gasteiger partial charge in [-0.1, -0.05) is 30.3 Å². The number of hydrogen-bond acceptors (Lipinski definition) is 2. The highest BCUT2D eigenvalue weighted by Crippen LogP contribution is 2.20. The van der Waals surface area contributed by atoms with E-state index in [2.05, 4.69) is 66.6 Å². The maximum absolute atomic E-state index is 4.44. The number of benzene rings is 1. The molecule has 1 atom stereocenters. The van der Waals surface area contributed by atoms with E-state index in [0.717, 1.165) is 24.2 Å². The molecule has 1 unspecified atom stereocenters. The molecule has 0 aliphatic carbocycles. The summed E-state index contributed by atoms with van der Waals surface area (Å²) in [5, 5.41) is 3.42. The first-order valence-corrected chi connectivity index (χ1v) is 6.85. The highest BCUT2D eigenvalue weighted by atomic mass is 14.9. The van der Waals surface area contributed by atoms with Crippen LogP contribution in [0.1, 0.15) is 35.0 Å². The van der Waals surface area contributed by atoms with Gasteiger partial charge in [-0.25, -0.2) is 0 Å². The number of aryl methyl sites for hydroxylation is 3. The third kappa shape index (κ3) is 3.90. The summed E-state index contributed by atoms with van der Waals surface area (Å²) in [6.07, 6.45) is 2.19. The lowest BCUT2D eigenvalue weighted by molar-refractivity contribution is 0.548. The first-order chi connectivity index (χ1) is 9.19. The standard InChI is InChI=1S/C17H22N2/c1-13-11-16(12-14(2)19-13)17(18-3)10-9-15-7-5-4-6-8-15/h4-8,11-12,17-18H,9-10H2,1-3H3. The maximum Gasteiger partial charge on any atom is 0.0379 e. The van der Waals surface area contributed by atoms with Crippen LogP contribution in [-0.4, -0.2) is 12.0 Å². The molecule has 0 aliphatic rings. The van der Waals surface area contributed by atoms with Crippen molar-refractivity contribution < 1.29 is 0 Å². The van der Waals surface area contributed by atoms with E-state index in [0.29, 0.717) is 6.04 Å². The molecule has 2 heteroatoms. The SMILES string of the molecule is CNC(CCc1ccccc1)c1cc(C)nc(C)c1. The molecule has 2 rings (SSSR count). The molecule has 2 nitrogen and oxygen atoms in total. The molecule has 2 aromatic rings. The Balaban J connectivity index is 2.07. The van der Waals surface area contributed by atoms with Crippen molar-refractivity contribution >= 4 is 0 Å². The zero-order chi connectivity index (χ0) is 13.7. The second kappa shape index (κ2) is 6.48. The molecule has 19 heavy (non-hydrogen) atoms. The Morgan fingerprint density at radius 1 is 1.05 bits per heavy atom. The molecule has 0 saturated carbocycles. The van der Waals surface area contributed by atoms with Gasteiger partial charge >= 0.3 is 0 Å². The summed E-state index contributed by atoms with van der Waals surface area (Å²) >= 11 is 0. The van der Waals surface area contributed by atoms with Crippen molar-refractivity contribution in [3.63, 3.8) is 0 Å². The Labute approximate surface area is 115 Å². The van der Waals surface area contributed by atoms with Gasteiger partial charge in [0.15, 0.2) is 0 Å². The van der Waals surface area contributed by atoms with Gasteiger partial charge in [0.05, 0.1) is 0 Å². The van der Waals surface area contributed by atoms with E-state index in [-0.39, 0.29) is 0 Å². The van der Waals surface area contributed by atoms with Crippen LogP contribution < -0.4 is 5.32 Å². The van der Waals surface area contributed by atoms with E-state index >= 15 is 0 Å². The maximum atomic E-state index is 4.44. The van der Waals surface area contributed by atoms with Crippen LogP contribution in [0.5, 0.6) is 0 Å². The van der Waals surface area contributed by atoms with Crippen LogP contribution in [0, 0.1) is 13.8 Å². The van der Waals surface area contributed by atoms with Crippen molar-refractivity contribution in [2.24, 2.45) is 0 Å². The molecule has 1 aromatic heterocycles. The molecule has 0 fully saturated rings. The topological polar surface area (TPSA) is 24.9 Å². The number of hydrogen-bond donors (Lipinski definition) is 1. The van der Waals surface area contributed by atoms with E-state index in [1.807, 2.05) is 7.05 Å². The minimum Gasteiger partial charge on any atom is -0.313 e. The Morgan fingerprint density at radius 3 is 2.26 bits per heavy atom. The highest BCUT2D eigenvalue weighted by molar-refractivity contribution is 5.24. The predicted octanol–water partition coefficient (Wildman–Crippen LogP) is 3.59. The molecule has 0 saturated heterocycles. The van der Waals surface area contributed by atoms with Crippen LogP contribution in [0.2, 0.25) is 0 Å². The molecule has 1 N–H and O–H groups in total. The molecular weight excluding hydrogens is 232 g/mol. The molecule has 0 spiro atoms. The van der Waals surface area contributed by atoms with Crippen LogP contribution in [0.3, 0.4) is 0 Å². The molecular formula is C17H22N2. The van der Waals surface area contributed by atoms with Crippen LogP contribution in [-0.2, 0) is 6.42 Å².